The largest absolute Gasteiger partial charge is 0.464 e. The molecular weight excluding hydrogens is 330 g/mol. The van der Waals surface area contributed by atoms with Crippen LogP contribution in [0.4, 0.5) is 5.95 Å². The number of nitrogens with one attached hydrogen (secondary N) is 1. The molecule has 0 aromatic carbocycles. The highest BCUT2D eigenvalue weighted by molar-refractivity contribution is 7.91. The van der Waals surface area contributed by atoms with E-state index >= 15 is 0 Å². The Labute approximate surface area is 138 Å². The van der Waals surface area contributed by atoms with Crippen LogP contribution in [0.3, 0.4) is 0 Å². The van der Waals surface area contributed by atoms with Gasteiger partial charge in [0, 0.05) is 12.2 Å². The average molecular weight is 345 g/mol. The molecule has 1 aliphatic heterocycles. The predicted octanol–water partition coefficient (Wildman–Crippen LogP) is 2.60. The molecule has 24 heavy (non-hydrogen) atoms. The van der Waals surface area contributed by atoms with Crippen LogP contribution in [0.15, 0.2) is 51.8 Å². The molecule has 1 unspecified atom stereocenters. The van der Waals surface area contributed by atoms with Crippen molar-refractivity contribution in [2.45, 2.75) is 12.5 Å². The first-order chi connectivity index (χ1) is 11.6. The van der Waals surface area contributed by atoms with E-state index in [4.69, 9.17) is 8.83 Å². The summed E-state index contributed by atoms with van der Waals surface area (Å²) in [6.07, 6.45) is 5.36. The number of furan rings is 2. The molecule has 8 heteroatoms. The van der Waals surface area contributed by atoms with Gasteiger partial charge in [0.05, 0.1) is 29.6 Å². The van der Waals surface area contributed by atoms with E-state index in [0.29, 0.717) is 35.1 Å². The van der Waals surface area contributed by atoms with Crippen LogP contribution in [0.5, 0.6) is 0 Å². The summed E-state index contributed by atoms with van der Waals surface area (Å²) in [4.78, 5) is 8.81. The van der Waals surface area contributed by atoms with Crippen LogP contribution in [-0.2, 0) is 9.84 Å². The second kappa shape index (κ2) is 5.79. The molecule has 1 fully saturated rings. The van der Waals surface area contributed by atoms with E-state index in [1.54, 1.807) is 36.9 Å². The average Bonchev–Trinajstić information content (AvgIpc) is 3.29. The topological polar surface area (TPSA) is 98.2 Å². The van der Waals surface area contributed by atoms with Crippen LogP contribution < -0.4 is 5.32 Å². The maximum atomic E-state index is 11.6. The molecule has 0 spiro atoms. The van der Waals surface area contributed by atoms with Gasteiger partial charge in [-0.2, -0.15) is 0 Å². The predicted molar refractivity (Wildman–Crippen MR) is 88.1 cm³/mol. The maximum Gasteiger partial charge on any atom is 0.223 e. The van der Waals surface area contributed by atoms with Crippen LogP contribution >= 0.6 is 0 Å². The van der Waals surface area contributed by atoms with Gasteiger partial charge in [-0.05, 0) is 30.7 Å². The first kappa shape index (κ1) is 14.9. The van der Waals surface area contributed by atoms with Gasteiger partial charge in [0.25, 0.3) is 0 Å². The lowest BCUT2D eigenvalue weighted by molar-refractivity contribution is 0.573. The second-order valence-corrected chi connectivity index (χ2v) is 7.88. The van der Waals surface area contributed by atoms with Crippen molar-refractivity contribution in [1.82, 2.24) is 9.97 Å². The second-order valence-electron chi connectivity index (χ2n) is 5.65. The number of nitrogens with zero attached hydrogens (tertiary/aromatic N) is 2. The summed E-state index contributed by atoms with van der Waals surface area (Å²) in [6, 6.07) is 7.02. The Bertz CT molecular complexity index is 934. The highest BCUT2D eigenvalue weighted by atomic mass is 32.2. The van der Waals surface area contributed by atoms with Crippen molar-refractivity contribution in [3.63, 3.8) is 0 Å². The zero-order valence-electron chi connectivity index (χ0n) is 12.7. The van der Waals surface area contributed by atoms with E-state index in [1.807, 2.05) is 6.07 Å². The normalized spacial score (nSPS) is 19.4. The molecule has 0 amide bonds. The molecule has 1 saturated heterocycles. The van der Waals surface area contributed by atoms with Crippen LogP contribution in [0.25, 0.3) is 22.8 Å². The smallest absolute Gasteiger partial charge is 0.223 e. The van der Waals surface area contributed by atoms with E-state index in [1.165, 1.54) is 0 Å². The van der Waals surface area contributed by atoms with Gasteiger partial charge in [0.1, 0.15) is 11.5 Å². The minimum atomic E-state index is -2.96. The fourth-order valence-electron chi connectivity index (χ4n) is 2.76. The van der Waals surface area contributed by atoms with Crippen LogP contribution in [0.2, 0.25) is 0 Å². The lowest BCUT2D eigenvalue weighted by Crippen LogP contribution is -2.22. The maximum absolute atomic E-state index is 11.6. The molecule has 4 heterocycles. The van der Waals surface area contributed by atoms with Crippen molar-refractivity contribution in [3.8, 4) is 22.8 Å². The Morgan fingerprint density at radius 1 is 1.12 bits per heavy atom. The number of anilines is 1. The third-order valence-corrected chi connectivity index (χ3v) is 5.66. The summed E-state index contributed by atoms with van der Waals surface area (Å²) < 4.78 is 34.1. The molecule has 3 aromatic rings. The summed E-state index contributed by atoms with van der Waals surface area (Å²) in [5.41, 5.74) is 1.30. The highest BCUT2D eigenvalue weighted by Crippen LogP contribution is 2.31. The molecule has 0 radical (unpaired) electrons. The van der Waals surface area contributed by atoms with Crippen LogP contribution in [0, 0.1) is 0 Å². The minimum absolute atomic E-state index is 0.104. The van der Waals surface area contributed by atoms with Crippen molar-refractivity contribution in [3.05, 3.63) is 43.0 Å². The zero-order valence-corrected chi connectivity index (χ0v) is 13.5. The number of rotatable bonds is 4. The lowest BCUT2D eigenvalue weighted by atomic mass is 10.1. The van der Waals surface area contributed by atoms with Gasteiger partial charge in [-0.15, -0.1) is 0 Å². The van der Waals surface area contributed by atoms with E-state index < -0.39 is 9.84 Å². The lowest BCUT2D eigenvalue weighted by Gasteiger charge is -2.12. The Balaban J connectivity index is 1.69. The quantitative estimate of drug-likeness (QED) is 0.776. The van der Waals surface area contributed by atoms with E-state index in [2.05, 4.69) is 15.3 Å². The standard InChI is InChI=1S/C16H15N3O4S/c20-24(21)8-5-11(10-24)18-16-17-9-12(13-3-1-6-22-13)15(19-16)14-4-2-7-23-14/h1-4,6-7,9,11H,5,8,10H2,(H,17,18,19). The van der Waals surface area contributed by atoms with Gasteiger partial charge >= 0.3 is 0 Å². The molecule has 4 rings (SSSR count). The molecule has 124 valence electrons. The van der Waals surface area contributed by atoms with Gasteiger partial charge in [0.2, 0.25) is 5.95 Å². The van der Waals surface area contributed by atoms with Crippen LogP contribution in [0.1, 0.15) is 6.42 Å². The molecule has 1 N–H and O–H groups in total. The third-order valence-electron chi connectivity index (χ3n) is 3.90. The van der Waals surface area contributed by atoms with Crippen molar-refractivity contribution in [2.24, 2.45) is 0 Å². The molecule has 3 aromatic heterocycles. The van der Waals surface area contributed by atoms with Gasteiger partial charge in [-0.1, -0.05) is 0 Å². The fraction of sp³-hybridized carbons (Fsp3) is 0.250. The van der Waals surface area contributed by atoms with E-state index in [0.717, 1.165) is 0 Å². The molecule has 1 atom stereocenters. The minimum Gasteiger partial charge on any atom is -0.464 e. The van der Waals surface area contributed by atoms with E-state index in [9.17, 15) is 8.42 Å². The van der Waals surface area contributed by atoms with Crippen molar-refractivity contribution in [1.29, 1.82) is 0 Å². The summed E-state index contributed by atoms with van der Waals surface area (Å²) in [7, 11) is -2.96. The van der Waals surface area contributed by atoms with E-state index in [-0.39, 0.29) is 17.5 Å². The molecule has 0 saturated carbocycles. The zero-order chi connectivity index (χ0) is 16.6. The van der Waals surface area contributed by atoms with Crippen molar-refractivity contribution >= 4 is 15.8 Å². The molecule has 1 aliphatic rings. The monoisotopic (exact) mass is 345 g/mol. The Kier molecular flexibility index (Phi) is 3.61. The summed E-state index contributed by atoms with van der Waals surface area (Å²) in [6.45, 7) is 0. The Morgan fingerprint density at radius 3 is 2.50 bits per heavy atom. The number of sulfone groups is 1. The summed E-state index contributed by atoms with van der Waals surface area (Å²) in [5, 5.41) is 3.10. The van der Waals surface area contributed by atoms with Gasteiger partial charge in [-0.25, -0.2) is 18.4 Å². The fourth-order valence-corrected chi connectivity index (χ4v) is 4.43. The Hall–Kier alpha value is -2.61. The summed E-state index contributed by atoms with van der Waals surface area (Å²) >= 11 is 0. The van der Waals surface area contributed by atoms with Crippen LogP contribution in [-0.4, -0.2) is 35.9 Å². The van der Waals surface area contributed by atoms with Crippen molar-refractivity contribution < 1.29 is 17.3 Å². The molecule has 0 bridgehead atoms. The van der Waals surface area contributed by atoms with Gasteiger partial charge in [-0.3, -0.25) is 0 Å². The Morgan fingerprint density at radius 2 is 1.88 bits per heavy atom. The summed E-state index contributed by atoms with van der Waals surface area (Å²) in [5.74, 6) is 1.90. The SMILES string of the molecule is O=S1(=O)CCC(Nc2ncc(-c3ccco3)c(-c3ccco3)n2)C1. The number of hydrogen-bond donors (Lipinski definition) is 1. The number of hydrogen-bond acceptors (Lipinski definition) is 7. The third kappa shape index (κ3) is 2.92. The van der Waals surface area contributed by atoms with Gasteiger partial charge < -0.3 is 14.2 Å². The highest BCUT2D eigenvalue weighted by Gasteiger charge is 2.28. The molecule has 7 nitrogen and oxygen atoms in total. The number of aromatic nitrogens is 2. The molecule has 0 aliphatic carbocycles. The first-order valence-corrected chi connectivity index (χ1v) is 9.35. The first-order valence-electron chi connectivity index (χ1n) is 7.52. The van der Waals surface area contributed by atoms with Crippen molar-refractivity contribution in [2.75, 3.05) is 16.8 Å². The van der Waals surface area contributed by atoms with Gasteiger partial charge in [0.15, 0.2) is 15.6 Å². The molecular formula is C16H15N3O4S.